The zero-order valence-electron chi connectivity index (χ0n) is 19.7. The molecule has 4 aromatic rings. The number of carbonyl (C=O) groups is 2. The van der Waals surface area contributed by atoms with E-state index in [9.17, 15) is 31.5 Å². The molecule has 0 fully saturated rings. The van der Waals surface area contributed by atoms with Crippen LogP contribution in [0.3, 0.4) is 0 Å². The van der Waals surface area contributed by atoms with Crippen molar-refractivity contribution in [3.05, 3.63) is 90.1 Å². The molecule has 11 heteroatoms. The molecule has 6 nitrogen and oxygen atoms in total. The van der Waals surface area contributed by atoms with E-state index in [1.165, 1.54) is 37.4 Å². The molecule has 3 aromatic carbocycles. The van der Waals surface area contributed by atoms with Crippen LogP contribution in [0.2, 0.25) is 0 Å². The van der Waals surface area contributed by atoms with E-state index in [2.05, 4.69) is 17.2 Å². The summed E-state index contributed by atoms with van der Waals surface area (Å²) in [5, 5.41) is 4.91. The Labute approximate surface area is 212 Å². The van der Waals surface area contributed by atoms with E-state index < -0.39 is 41.8 Å². The summed E-state index contributed by atoms with van der Waals surface area (Å²) >= 11 is 0. The normalized spacial score (nSPS) is 11.3. The highest BCUT2D eigenvalue weighted by Crippen LogP contribution is 2.41. The molecule has 0 unspecified atom stereocenters. The summed E-state index contributed by atoms with van der Waals surface area (Å²) in [6.45, 7) is 1.70. The summed E-state index contributed by atoms with van der Waals surface area (Å²) in [7, 11) is 1.38. The van der Waals surface area contributed by atoms with Crippen LogP contribution in [0.25, 0.3) is 33.4 Å². The van der Waals surface area contributed by atoms with Crippen molar-refractivity contribution in [2.45, 2.75) is 6.18 Å². The van der Waals surface area contributed by atoms with Gasteiger partial charge in [-0.2, -0.15) is 13.2 Å². The summed E-state index contributed by atoms with van der Waals surface area (Å²) < 4.78 is 77.9. The molecule has 2 amide bonds. The Bertz CT molecular complexity index is 1540. The Morgan fingerprint density at radius 1 is 1.00 bits per heavy atom. The number of furan rings is 1. The fourth-order valence-electron chi connectivity index (χ4n) is 3.82. The second kappa shape index (κ2) is 10.4. The largest absolute Gasteiger partial charge is 0.483 e. The number of fused-ring (bicyclic) bond motifs is 1. The van der Waals surface area contributed by atoms with Gasteiger partial charge in [-0.15, -0.1) is 0 Å². The summed E-state index contributed by atoms with van der Waals surface area (Å²) in [4.78, 5) is 25.1. The molecule has 1 aromatic heterocycles. The summed E-state index contributed by atoms with van der Waals surface area (Å²) in [6, 6.07) is 11.0. The Morgan fingerprint density at radius 2 is 1.68 bits per heavy atom. The Balaban J connectivity index is 1.99. The second-order valence-corrected chi connectivity index (χ2v) is 8.01. The van der Waals surface area contributed by atoms with Gasteiger partial charge in [0.15, 0.2) is 6.61 Å². The van der Waals surface area contributed by atoms with Crippen molar-refractivity contribution in [1.82, 2.24) is 10.6 Å². The maximum Gasteiger partial charge on any atom is 0.422 e. The van der Waals surface area contributed by atoms with E-state index in [1.54, 1.807) is 0 Å². The van der Waals surface area contributed by atoms with Crippen LogP contribution in [0.1, 0.15) is 20.7 Å². The van der Waals surface area contributed by atoms with Gasteiger partial charge >= 0.3 is 6.18 Å². The van der Waals surface area contributed by atoms with Gasteiger partial charge in [0.2, 0.25) is 0 Å². The first-order valence-corrected chi connectivity index (χ1v) is 11.0. The lowest BCUT2D eigenvalue weighted by Gasteiger charge is -2.14. The van der Waals surface area contributed by atoms with Gasteiger partial charge in [-0.25, -0.2) is 8.78 Å². The highest BCUT2D eigenvalue weighted by atomic mass is 19.4. The fraction of sp³-hybridized carbons (Fsp3) is 0.111. The molecule has 0 saturated heterocycles. The Morgan fingerprint density at radius 3 is 2.32 bits per heavy atom. The molecule has 0 aliphatic heterocycles. The molecule has 0 aliphatic carbocycles. The van der Waals surface area contributed by atoms with Crippen LogP contribution in [0.5, 0.6) is 5.75 Å². The van der Waals surface area contributed by atoms with Crippen molar-refractivity contribution in [3.63, 3.8) is 0 Å². The van der Waals surface area contributed by atoms with Gasteiger partial charge in [-0.3, -0.25) is 9.59 Å². The zero-order valence-corrected chi connectivity index (χ0v) is 19.7. The minimum atomic E-state index is -4.68. The number of hydrogen-bond donors (Lipinski definition) is 2. The summed E-state index contributed by atoms with van der Waals surface area (Å²) in [5.41, 5.74) is 0.152. The Kier molecular flexibility index (Phi) is 7.20. The third-order valence-electron chi connectivity index (χ3n) is 5.50. The minimum Gasteiger partial charge on any atom is -0.483 e. The molecule has 0 aliphatic rings. The first kappa shape index (κ1) is 26.4. The van der Waals surface area contributed by atoms with Crippen LogP contribution in [-0.2, 0) is 0 Å². The van der Waals surface area contributed by atoms with Crippen molar-refractivity contribution < 1.29 is 40.7 Å². The van der Waals surface area contributed by atoms with Crippen molar-refractivity contribution in [2.24, 2.45) is 0 Å². The number of benzene rings is 3. The molecular formula is C27H19F5N2O4. The van der Waals surface area contributed by atoms with Gasteiger partial charge in [0.05, 0.1) is 11.1 Å². The van der Waals surface area contributed by atoms with Crippen LogP contribution in [0, 0.1) is 11.6 Å². The Hall–Kier alpha value is -4.67. The second-order valence-electron chi connectivity index (χ2n) is 8.01. The molecule has 2 N–H and O–H groups in total. The predicted octanol–water partition coefficient (Wildman–Crippen LogP) is 6.22. The molecule has 0 atom stereocenters. The molecule has 196 valence electrons. The smallest absolute Gasteiger partial charge is 0.422 e. The maximum atomic E-state index is 14.4. The van der Waals surface area contributed by atoms with Crippen LogP contribution in [0.4, 0.5) is 22.0 Å². The number of halogens is 5. The molecule has 0 bridgehead atoms. The van der Waals surface area contributed by atoms with Crippen LogP contribution in [0.15, 0.2) is 71.8 Å². The van der Waals surface area contributed by atoms with Crippen molar-refractivity contribution >= 4 is 22.8 Å². The van der Waals surface area contributed by atoms with E-state index in [0.29, 0.717) is 5.56 Å². The van der Waals surface area contributed by atoms with Gasteiger partial charge in [-0.05, 0) is 54.2 Å². The van der Waals surface area contributed by atoms with E-state index in [-0.39, 0.29) is 39.2 Å². The van der Waals surface area contributed by atoms with E-state index in [4.69, 9.17) is 9.15 Å². The molecule has 38 heavy (non-hydrogen) atoms. The third kappa shape index (κ3) is 5.36. The maximum absolute atomic E-state index is 14.4. The van der Waals surface area contributed by atoms with Crippen molar-refractivity contribution in [1.29, 1.82) is 0 Å². The molecular weight excluding hydrogens is 511 g/mol. The number of ether oxygens (including phenoxy) is 1. The highest BCUT2D eigenvalue weighted by molar-refractivity contribution is 6.12. The van der Waals surface area contributed by atoms with E-state index >= 15 is 0 Å². The van der Waals surface area contributed by atoms with Gasteiger partial charge in [0, 0.05) is 29.6 Å². The minimum absolute atomic E-state index is 0.00980. The van der Waals surface area contributed by atoms with E-state index in [1.807, 2.05) is 0 Å². The molecule has 0 spiro atoms. The van der Waals surface area contributed by atoms with Gasteiger partial charge in [-0.1, -0.05) is 12.6 Å². The topological polar surface area (TPSA) is 80.6 Å². The first-order valence-electron chi connectivity index (χ1n) is 11.0. The van der Waals surface area contributed by atoms with Crippen molar-refractivity contribution in [3.8, 4) is 28.2 Å². The predicted molar refractivity (Wildman–Crippen MR) is 130 cm³/mol. The average molecular weight is 530 g/mol. The third-order valence-corrected chi connectivity index (χ3v) is 5.50. The van der Waals surface area contributed by atoms with Gasteiger partial charge < -0.3 is 19.8 Å². The number of hydrogen-bond acceptors (Lipinski definition) is 4. The lowest BCUT2D eigenvalue weighted by Crippen LogP contribution is -2.20. The van der Waals surface area contributed by atoms with Crippen LogP contribution >= 0.6 is 0 Å². The first-order chi connectivity index (χ1) is 18.0. The number of carbonyl (C=O) groups excluding carboxylic acids is 2. The number of alkyl halides is 3. The van der Waals surface area contributed by atoms with Gasteiger partial charge in [0.25, 0.3) is 11.8 Å². The average Bonchev–Trinajstić information content (AvgIpc) is 3.25. The van der Waals surface area contributed by atoms with E-state index in [0.717, 1.165) is 30.5 Å². The lowest BCUT2D eigenvalue weighted by molar-refractivity contribution is -0.153. The number of nitrogens with one attached hydrogen (secondary N) is 2. The summed E-state index contributed by atoms with van der Waals surface area (Å²) in [5.74, 6) is -3.05. The molecule has 0 radical (unpaired) electrons. The SMILES string of the molecule is C=CNC(=O)c1cc(-c2cc3c(C(=O)NC)c(-c4ccc(F)cc4)oc3cc2OCC(F)(F)F)ccc1F. The highest BCUT2D eigenvalue weighted by Gasteiger charge is 2.30. The standard InChI is InChI=1S/C27H19F5N2O4/c1-3-34-25(35)18-10-15(6-9-20(18)29)17-11-19-22(12-21(17)37-13-27(30,31)32)38-24(23(19)26(36)33-2)14-4-7-16(28)8-5-14/h3-12H,1,13H2,2H3,(H,33,36)(H,34,35). The van der Waals surface area contributed by atoms with Crippen molar-refractivity contribution in [2.75, 3.05) is 13.7 Å². The molecule has 0 saturated carbocycles. The quantitative estimate of drug-likeness (QED) is 0.278. The molecule has 1 heterocycles. The number of amides is 2. The van der Waals surface area contributed by atoms with Gasteiger partial charge in [0.1, 0.15) is 28.7 Å². The number of rotatable bonds is 7. The lowest BCUT2D eigenvalue weighted by atomic mass is 9.97. The monoisotopic (exact) mass is 530 g/mol. The van der Waals surface area contributed by atoms with Crippen LogP contribution in [-0.4, -0.2) is 31.6 Å². The zero-order chi connectivity index (χ0) is 27.6. The fourth-order valence-corrected chi connectivity index (χ4v) is 3.82. The molecule has 4 rings (SSSR count). The summed E-state index contributed by atoms with van der Waals surface area (Å²) in [6.07, 6.45) is -3.63. The van der Waals surface area contributed by atoms with Crippen LogP contribution < -0.4 is 15.4 Å².